The molecule has 0 saturated carbocycles. The molecular formula is C22H37N7OS. The Hall–Kier alpha value is -1.71. The predicted molar refractivity (Wildman–Crippen MR) is 130 cm³/mol. The van der Waals surface area contributed by atoms with E-state index in [4.69, 9.17) is 26.9 Å². The number of anilines is 3. The van der Waals surface area contributed by atoms with Crippen LogP contribution in [0.3, 0.4) is 0 Å². The van der Waals surface area contributed by atoms with Crippen LogP contribution in [-0.4, -0.2) is 85.6 Å². The third-order valence-electron chi connectivity index (χ3n) is 6.36. The minimum absolute atomic E-state index is 0.582. The first-order chi connectivity index (χ1) is 15.1. The van der Waals surface area contributed by atoms with E-state index in [1.54, 1.807) is 0 Å². The molecule has 4 heterocycles. The van der Waals surface area contributed by atoms with Gasteiger partial charge < -0.3 is 25.2 Å². The van der Waals surface area contributed by atoms with Gasteiger partial charge in [0.1, 0.15) is 11.6 Å². The highest BCUT2D eigenvalue weighted by Gasteiger charge is 2.25. The van der Waals surface area contributed by atoms with Crippen LogP contribution in [0.25, 0.3) is 0 Å². The third kappa shape index (κ3) is 6.40. The molecule has 8 nitrogen and oxygen atoms in total. The van der Waals surface area contributed by atoms with E-state index >= 15 is 0 Å². The maximum Gasteiger partial charge on any atom is 0.232 e. The fourth-order valence-electron chi connectivity index (χ4n) is 4.90. The molecule has 0 aromatic carbocycles. The molecule has 3 aliphatic rings. The summed E-state index contributed by atoms with van der Waals surface area (Å²) in [4.78, 5) is 16.8. The topological polar surface area (TPSA) is 68.8 Å². The van der Waals surface area contributed by atoms with Crippen LogP contribution in [0, 0.1) is 11.8 Å². The van der Waals surface area contributed by atoms with E-state index in [2.05, 4.69) is 45.2 Å². The van der Waals surface area contributed by atoms with Crippen molar-refractivity contribution in [3.05, 3.63) is 6.07 Å². The summed E-state index contributed by atoms with van der Waals surface area (Å²) in [5.74, 6) is 3.96. The van der Waals surface area contributed by atoms with E-state index in [1.165, 1.54) is 19.3 Å². The van der Waals surface area contributed by atoms with Crippen LogP contribution < -0.4 is 20.4 Å². The van der Waals surface area contributed by atoms with Crippen LogP contribution in [0.4, 0.5) is 17.6 Å². The lowest BCUT2D eigenvalue weighted by atomic mass is 9.92. The van der Waals surface area contributed by atoms with E-state index in [1.807, 2.05) is 0 Å². The van der Waals surface area contributed by atoms with Crippen molar-refractivity contribution in [2.75, 3.05) is 80.7 Å². The second-order valence-corrected chi connectivity index (χ2v) is 9.70. The van der Waals surface area contributed by atoms with Gasteiger partial charge in [-0.15, -0.1) is 0 Å². The summed E-state index contributed by atoms with van der Waals surface area (Å²) in [7, 11) is 0. The van der Waals surface area contributed by atoms with Gasteiger partial charge in [0.2, 0.25) is 5.95 Å². The lowest BCUT2D eigenvalue weighted by molar-refractivity contribution is 0.0389. The van der Waals surface area contributed by atoms with Crippen molar-refractivity contribution in [1.29, 1.82) is 0 Å². The van der Waals surface area contributed by atoms with Crippen molar-refractivity contribution in [2.24, 2.45) is 11.8 Å². The van der Waals surface area contributed by atoms with Crippen molar-refractivity contribution in [1.82, 2.24) is 20.2 Å². The zero-order valence-electron chi connectivity index (χ0n) is 19.0. The molecule has 172 valence electrons. The number of hydrogen-bond acceptors (Lipinski definition) is 7. The van der Waals surface area contributed by atoms with Gasteiger partial charge in [-0.25, -0.2) is 0 Å². The average molecular weight is 448 g/mol. The smallest absolute Gasteiger partial charge is 0.232 e. The van der Waals surface area contributed by atoms with Gasteiger partial charge in [-0.3, -0.25) is 4.90 Å². The van der Waals surface area contributed by atoms with Crippen LogP contribution in [0.1, 0.15) is 33.1 Å². The molecule has 31 heavy (non-hydrogen) atoms. The number of hydrogen-bond donors (Lipinski definition) is 2. The minimum Gasteiger partial charge on any atom is -0.379 e. The first-order valence-corrected chi connectivity index (χ1v) is 12.2. The summed E-state index contributed by atoms with van der Waals surface area (Å²) in [6.07, 6.45) is 3.73. The summed E-state index contributed by atoms with van der Waals surface area (Å²) in [5.41, 5.74) is 0. The maximum absolute atomic E-state index is 5.55. The molecule has 2 N–H and O–H groups in total. The number of piperidine rings is 1. The van der Waals surface area contributed by atoms with E-state index in [-0.39, 0.29) is 0 Å². The molecule has 0 radical (unpaired) electrons. The number of aromatic nitrogens is 2. The Morgan fingerprint density at radius 1 is 1.03 bits per heavy atom. The number of nitrogens with zero attached hydrogens (tertiary/aromatic N) is 5. The molecule has 0 amide bonds. The molecule has 2 unspecified atom stereocenters. The Morgan fingerprint density at radius 2 is 1.68 bits per heavy atom. The van der Waals surface area contributed by atoms with Crippen molar-refractivity contribution >= 4 is 34.9 Å². The Bertz CT molecular complexity index is 727. The highest BCUT2D eigenvalue weighted by atomic mass is 32.1. The molecule has 0 spiro atoms. The SMILES string of the molecule is CC1CC(C)CN(c2cc(N3CCCC3)nc(NC(=S)NCCN3CCOCC3)n2)C1. The largest absolute Gasteiger partial charge is 0.379 e. The second-order valence-electron chi connectivity index (χ2n) is 9.29. The highest BCUT2D eigenvalue weighted by Crippen LogP contribution is 2.29. The van der Waals surface area contributed by atoms with Gasteiger partial charge in [0.05, 0.1) is 13.2 Å². The molecule has 1 aromatic rings. The van der Waals surface area contributed by atoms with Gasteiger partial charge in [0.25, 0.3) is 0 Å². The monoisotopic (exact) mass is 447 g/mol. The first-order valence-electron chi connectivity index (χ1n) is 11.8. The van der Waals surface area contributed by atoms with Gasteiger partial charge in [0.15, 0.2) is 5.11 Å². The molecule has 1 aromatic heterocycles. The van der Waals surface area contributed by atoms with Gasteiger partial charge in [-0.1, -0.05) is 13.8 Å². The van der Waals surface area contributed by atoms with Crippen molar-refractivity contribution in [3.63, 3.8) is 0 Å². The minimum atomic E-state index is 0.582. The van der Waals surface area contributed by atoms with Crippen molar-refractivity contribution in [2.45, 2.75) is 33.1 Å². The summed E-state index contributed by atoms with van der Waals surface area (Å²) in [6.45, 7) is 14.2. The Labute approximate surface area is 191 Å². The first kappa shape index (κ1) is 22.5. The zero-order valence-corrected chi connectivity index (χ0v) is 19.8. The van der Waals surface area contributed by atoms with E-state index in [0.29, 0.717) is 22.9 Å². The quantitative estimate of drug-likeness (QED) is 0.639. The standard InChI is InChI=1S/C22H37N7OS/c1-17-13-18(2)16-29(15-17)20-14-19(28-6-3-4-7-28)24-21(25-20)26-22(31)23-5-8-27-9-11-30-12-10-27/h14,17-18H,3-13,15-16H2,1-2H3,(H2,23,24,25,26,31). The van der Waals surface area contributed by atoms with Gasteiger partial charge >= 0.3 is 0 Å². The number of ether oxygens (including phenoxy) is 1. The predicted octanol–water partition coefficient (Wildman–Crippen LogP) is 2.18. The van der Waals surface area contributed by atoms with Gasteiger partial charge in [0, 0.05) is 58.4 Å². The van der Waals surface area contributed by atoms with Crippen LogP contribution >= 0.6 is 12.2 Å². The molecule has 3 fully saturated rings. The number of morpholine rings is 1. The maximum atomic E-state index is 5.55. The second kappa shape index (κ2) is 10.7. The number of thiocarbonyl (C=S) groups is 1. The van der Waals surface area contributed by atoms with Crippen LogP contribution in [0.5, 0.6) is 0 Å². The van der Waals surface area contributed by atoms with Crippen LogP contribution in [0.2, 0.25) is 0 Å². The van der Waals surface area contributed by atoms with E-state index in [9.17, 15) is 0 Å². The lowest BCUT2D eigenvalue weighted by Crippen LogP contribution is -2.42. The molecule has 0 bridgehead atoms. The molecule has 0 aliphatic carbocycles. The van der Waals surface area contributed by atoms with Crippen molar-refractivity contribution < 1.29 is 4.74 Å². The van der Waals surface area contributed by atoms with Gasteiger partial charge in [-0.2, -0.15) is 9.97 Å². The Morgan fingerprint density at radius 3 is 2.35 bits per heavy atom. The van der Waals surface area contributed by atoms with Crippen LogP contribution in [-0.2, 0) is 4.74 Å². The fraction of sp³-hybridized carbons (Fsp3) is 0.773. The van der Waals surface area contributed by atoms with Crippen molar-refractivity contribution in [3.8, 4) is 0 Å². The Balaban J connectivity index is 1.41. The average Bonchev–Trinajstić information content (AvgIpc) is 3.29. The molecule has 2 atom stereocenters. The van der Waals surface area contributed by atoms with E-state index in [0.717, 1.165) is 77.2 Å². The normalized spacial score (nSPS) is 25.0. The molecule has 3 aliphatic heterocycles. The summed E-state index contributed by atoms with van der Waals surface area (Å²) in [5, 5.41) is 7.14. The molecular weight excluding hydrogens is 410 g/mol. The van der Waals surface area contributed by atoms with Gasteiger partial charge in [-0.05, 0) is 43.3 Å². The van der Waals surface area contributed by atoms with E-state index < -0.39 is 0 Å². The molecule has 4 rings (SSSR count). The van der Waals surface area contributed by atoms with Crippen LogP contribution in [0.15, 0.2) is 6.07 Å². The zero-order chi connectivity index (χ0) is 21.6. The summed E-state index contributed by atoms with van der Waals surface area (Å²) in [6, 6.07) is 2.16. The summed E-state index contributed by atoms with van der Waals surface area (Å²) < 4.78 is 5.41. The fourth-order valence-corrected chi connectivity index (χ4v) is 5.09. The summed E-state index contributed by atoms with van der Waals surface area (Å²) >= 11 is 5.55. The third-order valence-corrected chi connectivity index (χ3v) is 6.61. The molecule has 3 saturated heterocycles. The Kier molecular flexibility index (Phi) is 7.79. The molecule has 9 heteroatoms. The lowest BCUT2D eigenvalue weighted by Gasteiger charge is -2.36. The number of rotatable bonds is 6. The number of nitrogens with one attached hydrogen (secondary N) is 2. The highest BCUT2D eigenvalue weighted by molar-refractivity contribution is 7.80.